The van der Waals surface area contributed by atoms with Crippen molar-refractivity contribution in [2.24, 2.45) is 5.92 Å². The van der Waals surface area contributed by atoms with E-state index in [1.54, 1.807) is 0 Å². The van der Waals surface area contributed by atoms with Gasteiger partial charge in [-0.1, -0.05) is 26.0 Å². The fraction of sp³-hybridized carbons (Fsp3) is 0.417. The minimum absolute atomic E-state index is 0.527. The highest BCUT2D eigenvalue weighted by Crippen LogP contribution is 2.25. The molecule has 0 aliphatic carbocycles. The van der Waals surface area contributed by atoms with E-state index in [0.29, 0.717) is 0 Å². The number of alkyl halides is 2. The van der Waals surface area contributed by atoms with Crippen molar-refractivity contribution in [3.05, 3.63) is 24.3 Å². The summed E-state index contributed by atoms with van der Waals surface area (Å²) in [6, 6.07) is 3.38. The Morgan fingerprint density at radius 1 is 1.29 bits per heavy atom. The molecule has 0 aromatic heterocycles. The van der Waals surface area contributed by atoms with Gasteiger partial charge in [-0.25, -0.2) is 8.42 Å². The molecule has 0 amide bonds. The van der Waals surface area contributed by atoms with E-state index in [9.17, 15) is 22.0 Å². The third-order valence-electron chi connectivity index (χ3n) is 2.57. The zero-order chi connectivity index (χ0) is 16.2. The Balaban J connectivity index is 3.16. The number of aliphatic carboxylic acids is 1. The maximum absolute atomic E-state index is 12.3. The summed E-state index contributed by atoms with van der Waals surface area (Å²) >= 11 is 0. The number of rotatable bonds is 7. The number of nitrogens with one attached hydrogen (secondary N) is 1. The average Bonchev–Trinajstić information content (AvgIpc) is 2.35. The van der Waals surface area contributed by atoms with E-state index < -0.39 is 45.2 Å². The van der Waals surface area contributed by atoms with Gasteiger partial charge in [0.15, 0.2) is 0 Å². The molecule has 1 aromatic rings. The van der Waals surface area contributed by atoms with Gasteiger partial charge in [0.2, 0.25) is 10.0 Å². The minimum Gasteiger partial charge on any atom is -0.480 e. The van der Waals surface area contributed by atoms with Crippen molar-refractivity contribution in [2.75, 3.05) is 0 Å². The molecule has 0 spiro atoms. The SMILES string of the molecule is CC(C)[C@H](NS(=O)(=O)c1ccccc1OC(F)F)C(=O)O. The Hall–Kier alpha value is -1.74. The van der Waals surface area contributed by atoms with Gasteiger partial charge in [0.1, 0.15) is 16.7 Å². The van der Waals surface area contributed by atoms with Crippen molar-refractivity contribution in [1.29, 1.82) is 0 Å². The molecule has 0 heterocycles. The molecule has 1 rings (SSSR count). The number of carboxylic acids is 1. The Kier molecular flexibility index (Phi) is 5.62. The molecule has 0 fully saturated rings. The summed E-state index contributed by atoms with van der Waals surface area (Å²) in [6.07, 6.45) is 0. The quantitative estimate of drug-likeness (QED) is 0.796. The number of ether oxygens (including phenoxy) is 1. The van der Waals surface area contributed by atoms with Gasteiger partial charge in [-0.15, -0.1) is 0 Å². The molecule has 0 aliphatic rings. The van der Waals surface area contributed by atoms with Crippen LogP contribution in [-0.4, -0.2) is 32.1 Å². The summed E-state index contributed by atoms with van der Waals surface area (Å²) in [5.41, 5.74) is 0. The maximum Gasteiger partial charge on any atom is 0.387 e. The topological polar surface area (TPSA) is 92.7 Å². The molecule has 118 valence electrons. The highest BCUT2D eigenvalue weighted by Gasteiger charge is 2.30. The molecule has 2 N–H and O–H groups in total. The molecule has 6 nitrogen and oxygen atoms in total. The first-order chi connectivity index (χ1) is 9.65. The van der Waals surface area contributed by atoms with Crippen LogP contribution in [-0.2, 0) is 14.8 Å². The molecular formula is C12H15F2NO5S. The molecule has 0 radical (unpaired) electrons. The Morgan fingerprint density at radius 3 is 2.33 bits per heavy atom. The van der Waals surface area contributed by atoms with Crippen LogP contribution in [0, 0.1) is 5.92 Å². The summed E-state index contributed by atoms with van der Waals surface area (Å²) in [7, 11) is -4.31. The first-order valence-corrected chi connectivity index (χ1v) is 7.42. The molecular weight excluding hydrogens is 308 g/mol. The summed E-state index contributed by atoms with van der Waals surface area (Å²) in [6.45, 7) is -0.159. The smallest absolute Gasteiger partial charge is 0.387 e. The summed E-state index contributed by atoms with van der Waals surface area (Å²) in [4.78, 5) is 10.5. The molecule has 1 aromatic carbocycles. The van der Waals surface area contributed by atoms with Crippen LogP contribution in [0.4, 0.5) is 8.78 Å². The Morgan fingerprint density at radius 2 is 1.86 bits per heavy atom. The Bertz CT molecular complexity index is 603. The molecule has 0 aliphatic heterocycles. The standard InChI is InChI=1S/C12H15F2NO5S/c1-7(2)10(11(16)17)15-21(18,19)9-6-4-3-5-8(9)20-12(13)14/h3-7,10,12,15H,1-2H3,(H,16,17)/t10-/m0/s1. The zero-order valence-corrected chi connectivity index (χ0v) is 12.1. The van der Waals surface area contributed by atoms with E-state index in [1.165, 1.54) is 26.0 Å². The molecule has 21 heavy (non-hydrogen) atoms. The highest BCUT2D eigenvalue weighted by molar-refractivity contribution is 7.89. The van der Waals surface area contributed by atoms with E-state index in [4.69, 9.17) is 5.11 Å². The van der Waals surface area contributed by atoms with Gasteiger partial charge < -0.3 is 9.84 Å². The lowest BCUT2D eigenvalue weighted by Gasteiger charge is -2.19. The fourth-order valence-electron chi connectivity index (χ4n) is 1.57. The fourth-order valence-corrected chi connectivity index (χ4v) is 3.04. The third-order valence-corrected chi connectivity index (χ3v) is 4.05. The van der Waals surface area contributed by atoms with Crippen LogP contribution in [0.15, 0.2) is 29.2 Å². The molecule has 9 heteroatoms. The van der Waals surface area contributed by atoms with Gasteiger partial charge in [0, 0.05) is 0 Å². The van der Waals surface area contributed by atoms with Crippen molar-refractivity contribution in [3.8, 4) is 5.75 Å². The predicted molar refractivity (Wildman–Crippen MR) is 69.7 cm³/mol. The molecule has 0 saturated heterocycles. The molecule has 0 saturated carbocycles. The van der Waals surface area contributed by atoms with Crippen LogP contribution >= 0.6 is 0 Å². The normalized spacial score (nSPS) is 13.4. The van der Waals surface area contributed by atoms with Crippen LogP contribution in [0.5, 0.6) is 5.75 Å². The molecule has 0 unspecified atom stereocenters. The van der Waals surface area contributed by atoms with Crippen molar-refractivity contribution < 1.29 is 31.8 Å². The number of hydrogen-bond acceptors (Lipinski definition) is 4. The Labute approximate surface area is 120 Å². The van der Waals surface area contributed by atoms with Gasteiger partial charge in [-0.2, -0.15) is 13.5 Å². The maximum atomic E-state index is 12.3. The van der Waals surface area contributed by atoms with Crippen LogP contribution in [0.25, 0.3) is 0 Å². The number of hydrogen-bond donors (Lipinski definition) is 2. The minimum atomic E-state index is -4.31. The van der Waals surface area contributed by atoms with Crippen molar-refractivity contribution in [2.45, 2.75) is 31.4 Å². The van der Waals surface area contributed by atoms with Crippen molar-refractivity contribution >= 4 is 16.0 Å². The second-order valence-corrected chi connectivity index (χ2v) is 6.19. The summed E-state index contributed by atoms with van der Waals surface area (Å²) < 4.78 is 55.0. The number of benzene rings is 1. The van der Waals surface area contributed by atoms with E-state index in [2.05, 4.69) is 4.74 Å². The van der Waals surface area contributed by atoms with Crippen LogP contribution in [0.1, 0.15) is 13.8 Å². The van der Waals surface area contributed by atoms with Crippen LogP contribution in [0.3, 0.4) is 0 Å². The number of para-hydroxylation sites is 1. The third kappa shape index (κ3) is 4.64. The van der Waals surface area contributed by atoms with Gasteiger partial charge >= 0.3 is 12.6 Å². The number of carboxylic acid groups (broad SMARTS) is 1. The number of carbonyl (C=O) groups is 1. The monoisotopic (exact) mass is 323 g/mol. The van der Waals surface area contributed by atoms with E-state index >= 15 is 0 Å². The zero-order valence-electron chi connectivity index (χ0n) is 11.3. The second-order valence-electron chi connectivity index (χ2n) is 4.51. The second kappa shape index (κ2) is 6.81. The van der Waals surface area contributed by atoms with E-state index in [0.717, 1.165) is 12.1 Å². The van der Waals surface area contributed by atoms with Crippen LogP contribution < -0.4 is 9.46 Å². The van der Waals surface area contributed by atoms with Crippen molar-refractivity contribution in [3.63, 3.8) is 0 Å². The van der Waals surface area contributed by atoms with Gasteiger partial charge in [0.05, 0.1) is 0 Å². The van der Waals surface area contributed by atoms with E-state index in [-0.39, 0.29) is 0 Å². The van der Waals surface area contributed by atoms with Gasteiger partial charge in [-0.05, 0) is 18.1 Å². The first kappa shape index (κ1) is 17.3. The van der Waals surface area contributed by atoms with Crippen LogP contribution in [0.2, 0.25) is 0 Å². The summed E-state index contributed by atoms with van der Waals surface area (Å²) in [5, 5.41) is 8.99. The lowest BCUT2D eigenvalue weighted by atomic mass is 10.1. The number of sulfonamides is 1. The van der Waals surface area contributed by atoms with Gasteiger partial charge in [0.25, 0.3) is 0 Å². The molecule has 0 bridgehead atoms. The van der Waals surface area contributed by atoms with E-state index in [1.807, 2.05) is 4.72 Å². The lowest BCUT2D eigenvalue weighted by Crippen LogP contribution is -2.44. The van der Waals surface area contributed by atoms with Crippen molar-refractivity contribution in [1.82, 2.24) is 4.72 Å². The summed E-state index contributed by atoms with van der Waals surface area (Å²) in [5.74, 6) is -2.44. The highest BCUT2D eigenvalue weighted by atomic mass is 32.2. The molecule has 1 atom stereocenters. The number of halogens is 2. The van der Waals surface area contributed by atoms with Gasteiger partial charge in [-0.3, -0.25) is 4.79 Å². The first-order valence-electron chi connectivity index (χ1n) is 5.94. The predicted octanol–water partition coefficient (Wildman–Crippen LogP) is 1.68. The largest absolute Gasteiger partial charge is 0.480 e. The average molecular weight is 323 g/mol. The lowest BCUT2D eigenvalue weighted by molar-refractivity contribution is -0.140.